The number of amides is 1. The van der Waals surface area contributed by atoms with Gasteiger partial charge in [-0.1, -0.05) is 24.3 Å². The Bertz CT molecular complexity index is 814. The molecule has 0 saturated carbocycles. The molecule has 4 nitrogen and oxygen atoms in total. The summed E-state index contributed by atoms with van der Waals surface area (Å²) in [6, 6.07) is 10.0. The lowest BCUT2D eigenvalue weighted by Crippen LogP contribution is -2.24. The fourth-order valence-corrected chi connectivity index (χ4v) is 2.48. The lowest BCUT2D eigenvalue weighted by Gasteiger charge is -2.16. The first-order valence-corrected chi connectivity index (χ1v) is 8.06. The number of para-hydroxylation sites is 1. The average Bonchev–Trinajstić information content (AvgIpc) is 2.65. The number of carbonyl (C=O) groups excluding carboxylic acids is 1. The molecule has 27 heavy (non-hydrogen) atoms. The third-order valence-electron chi connectivity index (χ3n) is 3.92. The summed E-state index contributed by atoms with van der Waals surface area (Å²) < 4.78 is 48.3. The minimum Gasteiger partial charge on any atom is -0.493 e. The van der Waals surface area contributed by atoms with E-state index in [2.05, 4.69) is 0 Å². The van der Waals surface area contributed by atoms with Crippen molar-refractivity contribution >= 4 is 12.0 Å². The normalized spacial score (nSPS) is 11.5. The van der Waals surface area contributed by atoms with Gasteiger partial charge in [0.2, 0.25) is 5.91 Å². The van der Waals surface area contributed by atoms with Crippen molar-refractivity contribution in [1.82, 2.24) is 4.90 Å². The van der Waals surface area contributed by atoms with Crippen LogP contribution in [0.2, 0.25) is 0 Å². The molecule has 0 bridgehead atoms. The van der Waals surface area contributed by atoms with Crippen molar-refractivity contribution in [3.63, 3.8) is 0 Å². The van der Waals surface area contributed by atoms with Gasteiger partial charge in [0.1, 0.15) is 0 Å². The summed E-state index contributed by atoms with van der Waals surface area (Å²) in [5.41, 5.74) is 0.560. The summed E-state index contributed by atoms with van der Waals surface area (Å²) in [5.74, 6) is 0.763. The third kappa shape index (κ3) is 5.26. The summed E-state index contributed by atoms with van der Waals surface area (Å²) in [5, 5.41) is 0. The molecule has 0 atom stereocenters. The van der Waals surface area contributed by atoms with Gasteiger partial charge in [-0.3, -0.25) is 4.79 Å². The number of halogens is 3. The van der Waals surface area contributed by atoms with Crippen LogP contribution in [0, 0.1) is 0 Å². The zero-order valence-electron chi connectivity index (χ0n) is 15.2. The number of likely N-dealkylation sites (N-methyl/N-ethyl adjacent to an activating group) is 1. The van der Waals surface area contributed by atoms with E-state index in [1.165, 1.54) is 37.3 Å². The highest BCUT2D eigenvalue weighted by molar-refractivity contribution is 5.92. The Labute approximate surface area is 155 Å². The van der Waals surface area contributed by atoms with Crippen LogP contribution >= 0.6 is 0 Å². The minimum atomic E-state index is -4.38. The van der Waals surface area contributed by atoms with E-state index < -0.39 is 11.7 Å². The molecular formula is C20H20F3NO3. The molecule has 0 saturated heterocycles. The highest BCUT2D eigenvalue weighted by Crippen LogP contribution is 2.31. The van der Waals surface area contributed by atoms with Crippen LogP contribution in [0.1, 0.15) is 16.7 Å². The zero-order valence-corrected chi connectivity index (χ0v) is 15.2. The molecule has 0 fully saturated rings. The van der Waals surface area contributed by atoms with E-state index in [1.54, 1.807) is 31.3 Å². The zero-order chi connectivity index (χ0) is 20.0. The molecule has 0 radical (unpaired) electrons. The molecule has 0 N–H and O–H groups in total. The lowest BCUT2D eigenvalue weighted by atomic mass is 10.1. The molecular weight excluding hydrogens is 359 g/mol. The van der Waals surface area contributed by atoms with Gasteiger partial charge in [0.15, 0.2) is 11.5 Å². The number of hydrogen-bond donors (Lipinski definition) is 0. The van der Waals surface area contributed by atoms with Gasteiger partial charge in [0, 0.05) is 25.2 Å². The summed E-state index contributed by atoms with van der Waals surface area (Å²) in [6.07, 6.45) is -1.40. The monoisotopic (exact) mass is 379 g/mol. The van der Waals surface area contributed by atoms with Crippen molar-refractivity contribution < 1.29 is 27.4 Å². The van der Waals surface area contributed by atoms with Crippen molar-refractivity contribution in [1.29, 1.82) is 0 Å². The second-order valence-corrected chi connectivity index (χ2v) is 5.81. The van der Waals surface area contributed by atoms with Crippen LogP contribution in [0.15, 0.2) is 48.5 Å². The molecule has 0 unspecified atom stereocenters. The largest absolute Gasteiger partial charge is 0.493 e. The summed E-state index contributed by atoms with van der Waals surface area (Å²) >= 11 is 0. The second kappa shape index (κ2) is 8.62. The van der Waals surface area contributed by atoms with E-state index in [4.69, 9.17) is 9.47 Å². The van der Waals surface area contributed by atoms with Gasteiger partial charge in [0.25, 0.3) is 0 Å². The van der Waals surface area contributed by atoms with Crippen LogP contribution in [0.5, 0.6) is 11.5 Å². The highest BCUT2D eigenvalue weighted by atomic mass is 19.4. The standard InChI is InChI=1S/C20H20F3NO3/c1-24(13-14-7-10-16(11-8-14)20(21,22)23)18(25)12-9-15-5-4-6-17(26-2)19(15)27-3/h4-12H,13H2,1-3H3/b12-9+. The molecule has 1 amide bonds. The molecule has 2 aromatic rings. The third-order valence-corrected chi connectivity index (χ3v) is 3.92. The Morgan fingerprint density at radius 3 is 2.30 bits per heavy atom. The van der Waals surface area contributed by atoms with E-state index in [9.17, 15) is 18.0 Å². The van der Waals surface area contributed by atoms with Crippen LogP contribution in [-0.4, -0.2) is 32.1 Å². The Morgan fingerprint density at radius 1 is 1.07 bits per heavy atom. The van der Waals surface area contributed by atoms with E-state index in [0.29, 0.717) is 22.6 Å². The molecule has 0 heterocycles. The predicted molar refractivity (Wildman–Crippen MR) is 96.5 cm³/mol. The molecule has 0 spiro atoms. The number of carbonyl (C=O) groups is 1. The summed E-state index contributed by atoms with van der Waals surface area (Å²) in [4.78, 5) is 13.7. The smallest absolute Gasteiger partial charge is 0.416 e. The number of benzene rings is 2. The summed E-state index contributed by atoms with van der Waals surface area (Å²) in [7, 11) is 4.61. The van der Waals surface area contributed by atoms with E-state index >= 15 is 0 Å². The first-order chi connectivity index (χ1) is 12.8. The van der Waals surface area contributed by atoms with Crippen LogP contribution in [-0.2, 0) is 17.5 Å². The second-order valence-electron chi connectivity index (χ2n) is 5.81. The van der Waals surface area contributed by atoms with E-state index in [0.717, 1.165) is 12.1 Å². The summed E-state index contributed by atoms with van der Waals surface area (Å²) in [6.45, 7) is 0.191. The molecule has 144 valence electrons. The fraction of sp³-hybridized carbons (Fsp3) is 0.250. The molecule has 7 heteroatoms. The topological polar surface area (TPSA) is 38.8 Å². The Balaban J connectivity index is 2.07. The van der Waals surface area contributed by atoms with Crippen molar-refractivity contribution in [3.8, 4) is 11.5 Å². The van der Waals surface area contributed by atoms with Gasteiger partial charge >= 0.3 is 6.18 Å². The Kier molecular flexibility index (Phi) is 6.50. The van der Waals surface area contributed by atoms with Crippen LogP contribution in [0.25, 0.3) is 6.08 Å². The Morgan fingerprint density at radius 2 is 1.74 bits per heavy atom. The van der Waals surface area contributed by atoms with Crippen molar-refractivity contribution in [2.24, 2.45) is 0 Å². The quantitative estimate of drug-likeness (QED) is 0.699. The van der Waals surface area contributed by atoms with Crippen LogP contribution in [0.4, 0.5) is 13.2 Å². The van der Waals surface area contributed by atoms with Gasteiger partial charge in [-0.25, -0.2) is 0 Å². The van der Waals surface area contributed by atoms with Crippen molar-refractivity contribution in [2.75, 3.05) is 21.3 Å². The lowest BCUT2D eigenvalue weighted by molar-refractivity contribution is -0.137. The average molecular weight is 379 g/mol. The van der Waals surface area contributed by atoms with Crippen LogP contribution in [0.3, 0.4) is 0 Å². The highest BCUT2D eigenvalue weighted by Gasteiger charge is 2.29. The van der Waals surface area contributed by atoms with Gasteiger partial charge in [-0.2, -0.15) is 13.2 Å². The number of methoxy groups -OCH3 is 2. The minimum absolute atomic E-state index is 0.191. The molecule has 2 rings (SSSR count). The first-order valence-electron chi connectivity index (χ1n) is 8.06. The maximum absolute atomic E-state index is 12.6. The number of rotatable bonds is 6. The van der Waals surface area contributed by atoms with Gasteiger partial charge in [-0.15, -0.1) is 0 Å². The molecule has 0 aliphatic carbocycles. The molecule has 2 aromatic carbocycles. The van der Waals surface area contributed by atoms with Gasteiger partial charge < -0.3 is 14.4 Å². The fourth-order valence-electron chi connectivity index (χ4n) is 2.48. The Hall–Kier alpha value is -2.96. The maximum Gasteiger partial charge on any atom is 0.416 e. The van der Waals surface area contributed by atoms with Crippen molar-refractivity contribution in [2.45, 2.75) is 12.7 Å². The van der Waals surface area contributed by atoms with Gasteiger partial charge in [-0.05, 0) is 29.8 Å². The number of ether oxygens (including phenoxy) is 2. The SMILES string of the molecule is COc1cccc(/C=C/C(=O)N(C)Cc2ccc(C(F)(F)F)cc2)c1OC. The molecule has 0 aliphatic heterocycles. The maximum atomic E-state index is 12.6. The number of hydrogen-bond acceptors (Lipinski definition) is 3. The van der Waals surface area contributed by atoms with E-state index in [1.807, 2.05) is 0 Å². The predicted octanol–water partition coefficient (Wildman–Crippen LogP) is 4.39. The molecule has 0 aromatic heterocycles. The first kappa shape index (κ1) is 20.4. The van der Waals surface area contributed by atoms with Crippen LogP contribution < -0.4 is 9.47 Å². The number of nitrogens with zero attached hydrogens (tertiary/aromatic N) is 1. The van der Waals surface area contributed by atoms with Crippen molar-refractivity contribution in [3.05, 3.63) is 65.2 Å². The van der Waals surface area contributed by atoms with E-state index in [-0.39, 0.29) is 12.5 Å². The van der Waals surface area contributed by atoms with Gasteiger partial charge in [0.05, 0.1) is 19.8 Å². The molecule has 0 aliphatic rings. The number of alkyl halides is 3.